The van der Waals surface area contributed by atoms with E-state index in [9.17, 15) is 51.1 Å². The van der Waals surface area contributed by atoms with Crippen LogP contribution in [0.2, 0.25) is 0 Å². The van der Waals surface area contributed by atoms with Crippen LogP contribution in [0.15, 0.2) is 54.6 Å². The molecular weight excluding hydrogens is 500 g/mol. The monoisotopic (exact) mass is 522 g/mol. The Balaban J connectivity index is 1.76. The highest BCUT2D eigenvalue weighted by Crippen LogP contribution is 2.55. The second kappa shape index (κ2) is 8.75. The molecule has 4 aromatic rings. The molecule has 1 heterocycles. The standard InChI is InChI=1S/C27H22O11/c28-12-6-17(33)22(18(34)7-12)11-4-16(32)24-21(5-11)38-27(10-1-2-14(30)15(31)3-10)26(37)25(24)23-19(35)8-13(29)9-20(23)36/h1-9,25-37H/t25-,26+,27+/m0/s1. The Morgan fingerprint density at radius 2 is 1.08 bits per heavy atom. The summed E-state index contributed by atoms with van der Waals surface area (Å²) in [5.41, 5.74) is -0.235. The Bertz CT molecular complexity index is 1530. The van der Waals surface area contributed by atoms with E-state index in [2.05, 4.69) is 0 Å². The average Bonchev–Trinajstić information content (AvgIpc) is 2.81. The first kappa shape index (κ1) is 24.5. The topological polar surface area (TPSA) is 212 Å². The summed E-state index contributed by atoms with van der Waals surface area (Å²) in [5.74, 6) is -5.96. The van der Waals surface area contributed by atoms with Crippen molar-refractivity contribution in [3.8, 4) is 68.6 Å². The van der Waals surface area contributed by atoms with Crippen molar-refractivity contribution >= 4 is 0 Å². The van der Waals surface area contributed by atoms with Crippen molar-refractivity contribution in [3.05, 3.63) is 71.3 Å². The Morgan fingerprint density at radius 3 is 1.66 bits per heavy atom. The average molecular weight is 522 g/mol. The molecule has 0 saturated carbocycles. The van der Waals surface area contributed by atoms with E-state index < -0.39 is 69.9 Å². The summed E-state index contributed by atoms with van der Waals surface area (Å²) in [7, 11) is 0. The van der Waals surface area contributed by atoms with Crippen LogP contribution in [0.1, 0.15) is 28.7 Å². The summed E-state index contributed by atoms with van der Waals surface area (Å²) in [6.07, 6.45) is -2.89. The summed E-state index contributed by atoms with van der Waals surface area (Å²) in [6.45, 7) is 0. The number of aliphatic hydroxyl groups excluding tert-OH is 1. The lowest BCUT2D eigenvalue weighted by Crippen LogP contribution is -2.35. The van der Waals surface area contributed by atoms with Gasteiger partial charge in [0.15, 0.2) is 17.6 Å². The molecule has 0 aliphatic carbocycles. The first-order valence-corrected chi connectivity index (χ1v) is 11.2. The highest BCUT2D eigenvalue weighted by molar-refractivity contribution is 5.80. The van der Waals surface area contributed by atoms with Gasteiger partial charge in [0.2, 0.25) is 0 Å². The molecule has 0 radical (unpaired) electrons. The molecule has 5 rings (SSSR count). The van der Waals surface area contributed by atoms with Gasteiger partial charge in [-0.15, -0.1) is 0 Å². The Labute approximate surface area is 214 Å². The van der Waals surface area contributed by atoms with Gasteiger partial charge < -0.3 is 55.8 Å². The van der Waals surface area contributed by atoms with E-state index >= 15 is 0 Å². The molecule has 0 amide bonds. The van der Waals surface area contributed by atoms with Crippen molar-refractivity contribution in [1.82, 2.24) is 0 Å². The summed E-state index contributed by atoms with van der Waals surface area (Å²) in [4.78, 5) is 0. The van der Waals surface area contributed by atoms with Gasteiger partial charge >= 0.3 is 0 Å². The quantitative estimate of drug-likeness (QED) is 0.176. The van der Waals surface area contributed by atoms with Crippen LogP contribution in [0.25, 0.3) is 11.1 Å². The third kappa shape index (κ3) is 3.91. The lowest BCUT2D eigenvalue weighted by Gasteiger charge is -2.38. The van der Waals surface area contributed by atoms with E-state index in [-0.39, 0.29) is 33.6 Å². The van der Waals surface area contributed by atoms with Crippen LogP contribution >= 0.6 is 0 Å². The van der Waals surface area contributed by atoms with Gasteiger partial charge in [0.1, 0.15) is 52.1 Å². The van der Waals surface area contributed by atoms with E-state index in [1.165, 1.54) is 18.2 Å². The first-order valence-electron chi connectivity index (χ1n) is 11.2. The normalized spacial score (nSPS) is 18.5. The first-order chi connectivity index (χ1) is 18.0. The molecule has 11 nitrogen and oxygen atoms in total. The van der Waals surface area contributed by atoms with E-state index in [0.29, 0.717) is 0 Å². The molecule has 0 spiro atoms. The number of ether oxygens (including phenoxy) is 1. The summed E-state index contributed by atoms with van der Waals surface area (Å²) in [5, 5.41) is 104. The fourth-order valence-electron chi connectivity index (χ4n) is 4.84. The Morgan fingerprint density at radius 1 is 0.526 bits per heavy atom. The van der Waals surface area contributed by atoms with E-state index in [1.54, 1.807) is 0 Å². The molecular formula is C27H22O11. The van der Waals surface area contributed by atoms with Crippen LogP contribution in [0.5, 0.6) is 57.5 Å². The second-order valence-corrected chi connectivity index (χ2v) is 8.92. The molecule has 11 heteroatoms. The predicted octanol–water partition coefficient (Wildman–Crippen LogP) is 3.33. The minimum atomic E-state index is -1.60. The van der Waals surface area contributed by atoms with Gasteiger partial charge in [-0.1, -0.05) is 6.07 Å². The van der Waals surface area contributed by atoms with E-state index in [4.69, 9.17) is 4.74 Å². The molecule has 38 heavy (non-hydrogen) atoms. The number of phenols is 9. The van der Waals surface area contributed by atoms with Crippen LogP contribution in [0.3, 0.4) is 0 Å². The maximum absolute atomic E-state index is 11.4. The van der Waals surface area contributed by atoms with Gasteiger partial charge in [0.05, 0.1) is 11.5 Å². The number of phenolic OH excluding ortho intramolecular Hbond substituents is 9. The number of rotatable bonds is 3. The zero-order valence-electron chi connectivity index (χ0n) is 19.3. The van der Waals surface area contributed by atoms with Gasteiger partial charge in [-0.2, -0.15) is 0 Å². The number of hydrogen-bond acceptors (Lipinski definition) is 11. The highest BCUT2D eigenvalue weighted by Gasteiger charge is 2.43. The smallest absolute Gasteiger partial charge is 0.157 e. The van der Waals surface area contributed by atoms with E-state index in [0.717, 1.165) is 36.4 Å². The second-order valence-electron chi connectivity index (χ2n) is 8.92. The van der Waals surface area contributed by atoms with Crippen LogP contribution in [-0.2, 0) is 0 Å². The molecule has 0 aromatic heterocycles. The van der Waals surface area contributed by atoms with Crippen molar-refractivity contribution in [2.75, 3.05) is 0 Å². The highest BCUT2D eigenvalue weighted by atomic mass is 16.5. The van der Waals surface area contributed by atoms with Crippen molar-refractivity contribution in [3.63, 3.8) is 0 Å². The summed E-state index contributed by atoms with van der Waals surface area (Å²) in [6, 6.07) is 9.98. The lowest BCUT2D eigenvalue weighted by molar-refractivity contribution is 0.00665. The van der Waals surface area contributed by atoms with Gasteiger partial charge in [-0.05, 0) is 35.4 Å². The summed E-state index contributed by atoms with van der Waals surface area (Å²) >= 11 is 0. The van der Waals surface area contributed by atoms with Crippen LogP contribution in [0, 0.1) is 0 Å². The number of fused-ring (bicyclic) bond motifs is 1. The van der Waals surface area contributed by atoms with Crippen molar-refractivity contribution in [2.45, 2.75) is 18.1 Å². The third-order valence-electron chi connectivity index (χ3n) is 6.47. The maximum atomic E-state index is 11.4. The van der Waals surface area contributed by atoms with Gasteiger partial charge in [0.25, 0.3) is 0 Å². The zero-order valence-corrected chi connectivity index (χ0v) is 19.3. The SMILES string of the molecule is Oc1cc(O)c(-c2cc(O)c3c(c2)O[C@H](c2ccc(O)c(O)c2)[C@H](O)[C@H]3c2c(O)cc(O)cc2O)c(O)c1. The van der Waals surface area contributed by atoms with Crippen LogP contribution < -0.4 is 4.74 Å². The van der Waals surface area contributed by atoms with Gasteiger partial charge in [0, 0.05) is 35.4 Å². The largest absolute Gasteiger partial charge is 0.508 e. The minimum absolute atomic E-state index is 0.0536. The summed E-state index contributed by atoms with van der Waals surface area (Å²) < 4.78 is 6.00. The minimum Gasteiger partial charge on any atom is -0.508 e. The number of hydrogen-bond donors (Lipinski definition) is 10. The molecule has 0 unspecified atom stereocenters. The lowest BCUT2D eigenvalue weighted by atomic mass is 9.78. The molecule has 10 N–H and O–H groups in total. The van der Waals surface area contributed by atoms with Crippen molar-refractivity contribution < 1.29 is 55.8 Å². The Hall–Kier alpha value is -5.16. The molecule has 0 saturated heterocycles. The van der Waals surface area contributed by atoms with Crippen molar-refractivity contribution in [2.24, 2.45) is 0 Å². The van der Waals surface area contributed by atoms with Gasteiger partial charge in [-0.25, -0.2) is 0 Å². The van der Waals surface area contributed by atoms with Crippen LogP contribution in [-0.4, -0.2) is 57.2 Å². The van der Waals surface area contributed by atoms with Crippen molar-refractivity contribution in [1.29, 1.82) is 0 Å². The fourth-order valence-corrected chi connectivity index (χ4v) is 4.84. The number of aromatic hydroxyl groups is 9. The molecule has 3 atom stereocenters. The predicted molar refractivity (Wildman–Crippen MR) is 131 cm³/mol. The van der Waals surface area contributed by atoms with Gasteiger partial charge in [-0.3, -0.25) is 0 Å². The molecule has 196 valence electrons. The third-order valence-corrected chi connectivity index (χ3v) is 6.47. The van der Waals surface area contributed by atoms with E-state index in [1.807, 2.05) is 0 Å². The molecule has 0 fully saturated rings. The molecule has 1 aliphatic heterocycles. The zero-order chi connectivity index (χ0) is 27.5. The molecule has 4 aromatic carbocycles. The maximum Gasteiger partial charge on any atom is 0.157 e. The fraction of sp³-hybridized carbons (Fsp3) is 0.111. The molecule has 1 aliphatic rings. The molecule has 0 bridgehead atoms. The number of aliphatic hydroxyl groups is 1. The number of benzene rings is 4. The van der Waals surface area contributed by atoms with Crippen LogP contribution in [0.4, 0.5) is 0 Å². The Kier molecular flexibility index (Phi) is 5.65.